The highest BCUT2D eigenvalue weighted by Gasteiger charge is 2.54. The van der Waals surface area contributed by atoms with Crippen molar-refractivity contribution in [3.8, 4) is 0 Å². The zero-order valence-electron chi connectivity index (χ0n) is 7.19. The molecule has 1 amide bonds. The highest BCUT2D eigenvalue weighted by Crippen LogP contribution is 2.39. The molecule has 2 aliphatic rings. The van der Waals surface area contributed by atoms with E-state index in [-0.39, 0.29) is 12.7 Å². The number of aliphatic hydroxyl groups excluding tert-OH is 1. The van der Waals surface area contributed by atoms with Gasteiger partial charge in [-0.3, -0.25) is 0 Å². The van der Waals surface area contributed by atoms with Crippen LogP contribution >= 0.6 is 0 Å². The van der Waals surface area contributed by atoms with E-state index in [1.54, 1.807) is 0 Å². The number of carbonyl (C=O) groups is 1. The number of nitrogens with one attached hydrogen (secondary N) is 1. The van der Waals surface area contributed by atoms with Crippen LogP contribution in [0.2, 0.25) is 0 Å². The molecule has 5 nitrogen and oxygen atoms in total. The Labute approximate surface area is 75.7 Å². The first-order valence-electron chi connectivity index (χ1n) is 4.46. The van der Waals surface area contributed by atoms with Gasteiger partial charge in [-0.05, 0) is 19.3 Å². The molecule has 1 saturated carbocycles. The maximum absolute atomic E-state index is 10.6. The summed E-state index contributed by atoms with van der Waals surface area (Å²) in [5, 5.41) is 20.7. The van der Waals surface area contributed by atoms with E-state index in [0.717, 1.165) is 12.8 Å². The van der Waals surface area contributed by atoms with Crippen LogP contribution in [0.3, 0.4) is 0 Å². The normalized spacial score (nSPS) is 43.2. The molecule has 0 aromatic carbocycles. The lowest BCUT2D eigenvalue weighted by atomic mass is 9.91. The third kappa shape index (κ3) is 1.19. The first kappa shape index (κ1) is 8.77. The van der Waals surface area contributed by atoms with Gasteiger partial charge in [-0.1, -0.05) is 0 Å². The van der Waals surface area contributed by atoms with E-state index in [0.29, 0.717) is 6.42 Å². The summed E-state index contributed by atoms with van der Waals surface area (Å²) in [7, 11) is 0. The SMILES string of the molecule is O=C(O)NC12CCCC1OCC2O. The van der Waals surface area contributed by atoms with Gasteiger partial charge in [0, 0.05) is 0 Å². The van der Waals surface area contributed by atoms with Crippen molar-refractivity contribution in [2.45, 2.75) is 37.0 Å². The van der Waals surface area contributed by atoms with Crippen LogP contribution in [0.5, 0.6) is 0 Å². The van der Waals surface area contributed by atoms with E-state index >= 15 is 0 Å². The number of hydrogen-bond acceptors (Lipinski definition) is 3. The van der Waals surface area contributed by atoms with Gasteiger partial charge in [0.1, 0.15) is 6.10 Å². The zero-order valence-corrected chi connectivity index (χ0v) is 7.19. The average molecular weight is 187 g/mol. The molecule has 0 aromatic heterocycles. The Bertz CT molecular complexity index is 232. The van der Waals surface area contributed by atoms with Crippen molar-refractivity contribution in [1.29, 1.82) is 0 Å². The molecule has 2 rings (SSSR count). The zero-order chi connectivity index (χ0) is 9.47. The fourth-order valence-electron chi connectivity index (χ4n) is 2.39. The Kier molecular flexibility index (Phi) is 1.92. The first-order valence-corrected chi connectivity index (χ1v) is 4.46. The summed E-state index contributed by atoms with van der Waals surface area (Å²) in [5.41, 5.74) is -0.730. The minimum atomic E-state index is -1.09. The van der Waals surface area contributed by atoms with E-state index in [9.17, 15) is 9.90 Å². The summed E-state index contributed by atoms with van der Waals surface area (Å²) in [6, 6.07) is 0. The van der Waals surface area contributed by atoms with E-state index in [1.165, 1.54) is 0 Å². The van der Waals surface area contributed by atoms with Gasteiger partial charge >= 0.3 is 6.09 Å². The molecule has 74 valence electrons. The molecule has 0 aromatic rings. The lowest BCUT2D eigenvalue weighted by Gasteiger charge is -2.30. The summed E-state index contributed by atoms with van der Waals surface area (Å²) in [6.07, 6.45) is 0.482. The molecular weight excluding hydrogens is 174 g/mol. The van der Waals surface area contributed by atoms with Crippen LogP contribution in [0.1, 0.15) is 19.3 Å². The summed E-state index contributed by atoms with van der Waals surface area (Å²) in [4.78, 5) is 10.6. The van der Waals surface area contributed by atoms with Crippen molar-refractivity contribution < 1.29 is 19.7 Å². The van der Waals surface area contributed by atoms with Gasteiger partial charge in [0.25, 0.3) is 0 Å². The molecule has 3 N–H and O–H groups in total. The van der Waals surface area contributed by atoms with Crippen molar-refractivity contribution in [3.05, 3.63) is 0 Å². The second-order valence-electron chi connectivity index (χ2n) is 3.70. The number of fused-ring (bicyclic) bond motifs is 1. The van der Waals surface area contributed by atoms with E-state index < -0.39 is 17.7 Å². The average Bonchev–Trinajstić information content (AvgIpc) is 2.53. The topological polar surface area (TPSA) is 78.8 Å². The smallest absolute Gasteiger partial charge is 0.405 e. The summed E-state index contributed by atoms with van der Waals surface area (Å²) in [6.45, 7) is 0.241. The van der Waals surface area contributed by atoms with E-state index in [4.69, 9.17) is 9.84 Å². The Morgan fingerprint density at radius 1 is 1.62 bits per heavy atom. The lowest BCUT2D eigenvalue weighted by Crippen LogP contribution is -2.57. The molecule has 0 spiro atoms. The highest BCUT2D eigenvalue weighted by atomic mass is 16.5. The van der Waals surface area contributed by atoms with E-state index in [1.807, 2.05) is 0 Å². The Morgan fingerprint density at radius 2 is 2.38 bits per heavy atom. The van der Waals surface area contributed by atoms with Gasteiger partial charge in [0.05, 0.1) is 18.2 Å². The van der Waals surface area contributed by atoms with Crippen molar-refractivity contribution in [1.82, 2.24) is 5.32 Å². The number of aliphatic hydroxyl groups is 1. The molecule has 1 aliphatic carbocycles. The standard InChI is InChI=1S/C8H13NO4/c10-5-4-13-6-2-1-3-8(5,6)9-7(11)12/h5-6,9-10H,1-4H2,(H,11,12). The molecule has 5 heteroatoms. The van der Waals surface area contributed by atoms with Crippen LogP contribution < -0.4 is 5.32 Å². The molecule has 2 fully saturated rings. The molecule has 0 bridgehead atoms. The predicted molar refractivity (Wildman–Crippen MR) is 43.5 cm³/mol. The maximum atomic E-state index is 10.6. The number of rotatable bonds is 1. The monoisotopic (exact) mass is 187 g/mol. The minimum Gasteiger partial charge on any atom is -0.465 e. The molecular formula is C8H13NO4. The van der Waals surface area contributed by atoms with Crippen LogP contribution in [0, 0.1) is 0 Å². The van der Waals surface area contributed by atoms with Gasteiger partial charge in [-0.25, -0.2) is 4.79 Å². The lowest BCUT2D eigenvalue weighted by molar-refractivity contribution is 0.0836. The first-order chi connectivity index (χ1) is 6.15. The van der Waals surface area contributed by atoms with Crippen LogP contribution in [0.4, 0.5) is 4.79 Å². The van der Waals surface area contributed by atoms with Gasteiger partial charge in [-0.2, -0.15) is 0 Å². The molecule has 13 heavy (non-hydrogen) atoms. The molecule has 1 aliphatic heterocycles. The second-order valence-corrected chi connectivity index (χ2v) is 3.70. The quantitative estimate of drug-likeness (QED) is 0.537. The van der Waals surface area contributed by atoms with E-state index in [2.05, 4.69) is 5.32 Å². The molecule has 0 radical (unpaired) electrons. The van der Waals surface area contributed by atoms with Gasteiger partial charge < -0.3 is 20.3 Å². The summed E-state index contributed by atoms with van der Waals surface area (Å²) >= 11 is 0. The van der Waals surface area contributed by atoms with Gasteiger partial charge in [0.15, 0.2) is 0 Å². The molecule has 1 saturated heterocycles. The summed E-state index contributed by atoms with van der Waals surface area (Å²) in [5.74, 6) is 0. The van der Waals surface area contributed by atoms with Crippen LogP contribution in [0.25, 0.3) is 0 Å². The third-order valence-corrected chi connectivity index (χ3v) is 3.02. The highest BCUT2D eigenvalue weighted by molar-refractivity contribution is 5.66. The molecule has 3 unspecified atom stereocenters. The minimum absolute atomic E-state index is 0.140. The van der Waals surface area contributed by atoms with Crippen molar-refractivity contribution in [3.63, 3.8) is 0 Å². The van der Waals surface area contributed by atoms with Crippen LogP contribution in [0.15, 0.2) is 0 Å². The van der Waals surface area contributed by atoms with Gasteiger partial charge in [-0.15, -0.1) is 0 Å². The summed E-state index contributed by atoms with van der Waals surface area (Å²) < 4.78 is 5.32. The Hall–Kier alpha value is -0.810. The van der Waals surface area contributed by atoms with Crippen molar-refractivity contribution in [2.75, 3.05) is 6.61 Å². The largest absolute Gasteiger partial charge is 0.465 e. The van der Waals surface area contributed by atoms with Crippen LogP contribution in [-0.2, 0) is 4.74 Å². The number of ether oxygens (including phenoxy) is 1. The number of hydrogen-bond donors (Lipinski definition) is 3. The fourth-order valence-corrected chi connectivity index (χ4v) is 2.39. The number of carboxylic acid groups (broad SMARTS) is 1. The second kappa shape index (κ2) is 2.85. The fraction of sp³-hybridized carbons (Fsp3) is 0.875. The van der Waals surface area contributed by atoms with Crippen molar-refractivity contribution >= 4 is 6.09 Å². The maximum Gasteiger partial charge on any atom is 0.405 e. The third-order valence-electron chi connectivity index (χ3n) is 3.02. The molecule has 3 atom stereocenters. The van der Waals surface area contributed by atoms with Gasteiger partial charge in [0.2, 0.25) is 0 Å². The van der Waals surface area contributed by atoms with Crippen LogP contribution in [-0.4, -0.2) is 40.7 Å². The Morgan fingerprint density at radius 3 is 3.08 bits per heavy atom. The molecule has 1 heterocycles. The Balaban J connectivity index is 2.19. The number of amides is 1. The predicted octanol–water partition coefficient (Wildman–Crippen LogP) is -0.0636. The van der Waals surface area contributed by atoms with Crippen molar-refractivity contribution in [2.24, 2.45) is 0 Å².